The van der Waals surface area contributed by atoms with Gasteiger partial charge in [-0.2, -0.15) is 0 Å². The number of nitrogen functional groups attached to an aromatic ring is 1. The minimum atomic E-state index is 0.491. The first-order chi connectivity index (χ1) is 8.81. The van der Waals surface area contributed by atoms with Gasteiger partial charge in [0.2, 0.25) is 0 Å². The molecule has 0 aliphatic carbocycles. The Morgan fingerprint density at radius 1 is 1.06 bits per heavy atom. The molecule has 0 unspecified atom stereocenters. The number of H-pyrrole nitrogens is 1. The van der Waals surface area contributed by atoms with E-state index in [-0.39, 0.29) is 0 Å². The SMILES string of the molecule is Nc1ccc2[nH]c(CCc3ccccn3)nc2n1. The number of pyridine rings is 2. The first-order valence-corrected chi connectivity index (χ1v) is 5.82. The summed E-state index contributed by atoms with van der Waals surface area (Å²) in [6.07, 6.45) is 3.47. The van der Waals surface area contributed by atoms with Crippen LogP contribution in [0.4, 0.5) is 5.82 Å². The lowest BCUT2D eigenvalue weighted by Crippen LogP contribution is -1.95. The molecule has 5 heteroatoms. The van der Waals surface area contributed by atoms with E-state index in [1.807, 2.05) is 24.3 Å². The minimum Gasteiger partial charge on any atom is -0.384 e. The normalized spacial score (nSPS) is 10.9. The van der Waals surface area contributed by atoms with Crippen LogP contribution in [0.2, 0.25) is 0 Å². The number of nitrogens with zero attached hydrogens (tertiary/aromatic N) is 3. The molecular formula is C13H13N5. The monoisotopic (exact) mass is 239 g/mol. The Morgan fingerprint density at radius 3 is 2.83 bits per heavy atom. The summed E-state index contributed by atoms with van der Waals surface area (Å²) in [6, 6.07) is 9.58. The first kappa shape index (κ1) is 10.7. The van der Waals surface area contributed by atoms with Gasteiger partial charge in [0.25, 0.3) is 0 Å². The molecule has 0 aliphatic heterocycles. The van der Waals surface area contributed by atoms with Gasteiger partial charge in [-0.05, 0) is 30.7 Å². The Morgan fingerprint density at radius 2 is 2.00 bits per heavy atom. The van der Waals surface area contributed by atoms with Gasteiger partial charge in [-0.15, -0.1) is 0 Å². The number of rotatable bonds is 3. The Kier molecular flexibility index (Phi) is 2.64. The fourth-order valence-corrected chi connectivity index (χ4v) is 1.87. The molecular weight excluding hydrogens is 226 g/mol. The molecule has 3 heterocycles. The summed E-state index contributed by atoms with van der Waals surface area (Å²) in [5.41, 5.74) is 8.27. The number of hydrogen-bond acceptors (Lipinski definition) is 4. The number of anilines is 1. The van der Waals surface area contributed by atoms with Crippen LogP contribution < -0.4 is 5.73 Å². The van der Waals surface area contributed by atoms with Crippen molar-refractivity contribution in [2.24, 2.45) is 0 Å². The number of imidazole rings is 1. The van der Waals surface area contributed by atoms with Crippen LogP contribution in [0, 0.1) is 0 Å². The van der Waals surface area contributed by atoms with Crippen LogP contribution in [-0.4, -0.2) is 19.9 Å². The van der Waals surface area contributed by atoms with Crippen LogP contribution in [-0.2, 0) is 12.8 Å². The second-order valence-corrected chi connectivity index (χ2v) is 4.11. The van der Waals surface area contributed by atoms with Crippen molar-refractivity contribution in [3.8, 4) is 0 Å². The second kappa shape index (κ2) is 4.44. The summed E-state index contributed by atoms with van der Waals surface area (Å²) >= 11 is 0. The van der Waals surface area contributed by atoms with Crippen molar-refractivity contribution in [2.45, 2.75) is 12.8 Å². The van der Waals surface area contributed by atoms with E-state index in [0.29, 0.717) is 11.5 Å². The quantitative estimate of drug-likeness (QED) is 0.729. The van der Waals surface area contributed by atoms with Gasteiger partial charge in [-0.1, -0.05) is 6.07 Å². The summed E-state index contributed by atoms with van der Waals surface area (Å²) in [7, 11) is 0. The predicted molar refractivity (Wildman–Crippen MR) is 69.9 cm³/mol. The van der Waals surface area contributed by atoms with Crippen molar-refractivity contribution in [2.75, 3.05) is 5.73 Å². The lowest BCUT2D eigenvalue weighted by Gasteiger charge is -1.96. The maximum Gasteiger partial charge on any atom is 0.179 e. The maximum absolute atomic E-state index is 5.62. The minimum absolute atomic E-state index is 0.491. The number of nitrogens with one attached hydrogen (secondary N) is 1. The third kappa shape index (κ3) is 2.15. The van der Waals surface area contributed by atoms with E-state index in [9.17, 15) is 0 Å². The van der Waals surface area contributed by atoms with Crippen molar-refractivity contribution in [1.29, 1.82) is 0 Å². The molecule has 0 saturated carbocycles. The van der Waals surface area contributed by atoms with Crippen LogP contribution in [0.3, 0.4) is 0 Å². The maximum atomic E-state index is 5.62. The number of aromatic amines is 1. The number of hydrogen-bond donors (Lipinski definition) is 2. The molecule has 90 valence electrons. The van der Waals surface area contributed by atoms with Crippen LogP contribution in [0.25, 0.3) is 11.2 Å². The highest BCUT2D eigenvalue weighted by molar-refractivity contribution is 5.72. The molecule has 0 aromatic carbocycles. The van der Waals surface area contributed by atoms with Gasteiger partial charge in [-0.25, -0.2) is 9.97 Å². The highest BCUT2D eigenvalue weighted by Crippen LogP contribution is 2.12. The van der Waals surface area contributed by atoms with Crippen molar-refractivity contribution in [3.05, 3.63) is 48.0 Å². The van der Waals surface area contributed by atoms with Crippen molar-refractivity contribution >= 4 is 17.0 Å². The number of fused-ring (bicyclic) bond motifs is 1. The Balaban J connectivity index is 1.79. The van der Waals surface area contributed by atoms with Crippen molar-refractivity contribution in [1.82, 2.24) is 19.9 Å². The predicted octanol–water partition coefficient (Wildman–Crippen LogP) is 1.72. The van der Waals surface area contributed by atoms with Crippen LogP contribution >= 0.6 is 0 Å². The van der Waals surface area contributed by atoms with Crippen LogP contribution in [0.5, 0.6) is 0 Å². The van der Waals surface area contributed by atoms with Gasteiger partial charge in [0.05, 0.1) is 5.52 Å². The standard InChI is InChI=1S/C13H13N5/c14-11-6-5-10-13(17-11)18-12(16-10)7-4-9-3-1-2-8-15-9/h1-3,5-6,8H,4,7H2,(H3,14,16,17,18). The second-order valence-electron chi connectivity index (χ2n) is 4.11. The van der Waals surface area contributed by atoms with E-state index in [1.165, 1.54) is 0 Å². The van der Waals surface area contributed by atoms with Gasteiger partial charge in [0.15, 0.2) is 5.65 Å². The average Bonchev–Trinajstić information content (AvgIpc) is 2.79. The number of aromatic nitrogens is 4. The molecule has 0 spiro atoms. The third-order valence-electron chi connectivity index (χ3n) is 2.76. The van der Waals surface area contributed by atoms with E-state index < -0.39 is 0 Å². The van der Waals surface area contributed by atoms with Gasteiger partial charge in [-0.3, -0.25) is 4.98 Å². The van der Waals surface area contributed by atoms with Gasteiger partial charge < -0.3 is 10.7 Å². The van der Waals surface area contributed by atoms with Gasteiger partial charge in [0, 0.05) is 18.3 Å². The molecule has 3 aromatic heterocycles. The van der Waals surface area contributed by atoms with Crippen molar-refractivity contribution < 1.29 is 0 Å². The molecule has 0 saturated heterocycles. The molecule has 3 N–H and O–H groups in total. The van der Waals surface area contributed by atoms with E-state index >= 15 is 0 Å². The van der Waals surface area contributed by atoms with Crippen molar-refractivity contribution in [3.63, 3.8) is 0 Å². The summed E-state index contributed by atoms with van der Waals surface area (Å²) in [4.78, 5) is 16.1. The Bertz CT molecular complexity index is 659. The fraction of sp³-hybridized carbons (Fsp3) is 0.154. The third-order valence-corrected chi connectivity index (χ3v) is 2.76. The molecule has 18 heavy (non-hydrogen) atoms. The van der Waals surface area contributed by atoms with Gasteiger partial charge in [0.1, 0.15) is 11.6 Å². The zero-order chi connectivity index (χ0) is 12.4. The molecule has 0 fully saturated rings. The van der Waals surface area contributed by atoms with E-state index in [1.54, 1.807) is 12.3 Å². The Labute approximate surface area is 104 Å². The van der Waals surface area contributed by atoms with E-state index in [4.69, 9.17) is 5.73 Å². The Hall–Kier alpha value is -2.43. The molecule has 0 atom stereocenters. The first-order valence-electron chi connectivity index (χ1n) is 5.82. The number of nitrogens with two attached hydrogens (primary N) is 1. The summed E-state index contributed by atoms with van der Waals surface area (Å²) in [5, 5.41) is 0. The van der Waals surface area contributed by atoms with Crippen LogP contribution in [0.1, 0.15) is 11.5 Å². The zero-order valence-electron chi connectivity index (χ0n) is 9.80. The molecule has 0 aliphatic rings. The molecule has 3 rings (SSSR count). The highest BCUT2D eigenvalue weighted by Gasteiger charge is 2.04. The van der Waals surface area contributed by atoms with E-state index in [0.717, 1.165) is 29.9 Å². The molecule has 0 amide bonds. The molecule has 0 bridgehead atoms. The highest BCUT2D eigenvalue weighted by atomic mass is 15.0. The average molecular weight is 239 g/mol. The topological polar surface area (TPSA) is 80.5 Å². The van der Waals surface area contributed by atoms with E-state index in [2.05, 4.69) is 19.9 Å². The smallest absolute Gasteiger partial charge is 0.179 e. The number of aryl methyl sites for hydroxylation is 2. The lowest BCUT2D eigenvalue weighted by molar-refractivity contribution is 0.860. The van der Waals surface area contributed by atoms with Gasteiger partial charge >= 0.3 is 0 Å². The van der Waals surface area contributed by atoms with Crippen LogP contribution in [0.15, 0.2) is 36.5 Å². The molecule has 5 nitrogen and oxygen atoms in total. The molecule has 0 radical (unpaired) electrons. The summed E-state index contributed by atoms with van der Waals surface area (Å²) in [6.45, 7) is 0. The zero-order valence-corrected chi connectivity index (χ0v) is 9.80. The summed E-state index contributed by atoms with van der Waals surface area (Å²) in [5.74, 6) is 1.40. The largest absolute Gasteiger partial charge is 0.384 e. The summed E-state index contributed by atoms with van der Waals surface area (Å²) < 4.78 is 0. The fourth-order valence-electron chi connectivity index (χ4n) is 1.87. The molecule has 3 aromatic rings. The lowest BCUT2D eigenvalue weighted by atomic mass is 10.2.